The minimum Gasteiger partial charge on any atom is -0.748 e. The lowest BCUT2D eigenvalue weighted by atomic mass is 10.8. The van der Waals surface area contributed by atoms with Crippen LogP contribution in [-0.2, 0) is 10.1 Å². The Morgan fingerprint density at radius 2 is 1.73 bits per heavy atom. The zero-order valence-corrected chi connectivity index (χ0v) is 7.94. The molecule has 0 saturated carbocycles. The van der Waals surface area contributed by atoms with Gasteiger partial charge in [-0.25, -0.2) is 8.42 Å². The molecule has 68 valence electrons. The third-order valence-electron chi connectivity index (χ3n) is 0.322. The maximum absolute atomic E-state index is 9.60. The van der Waals surface area contributed by atoms with E-state index in [1.165, 1.54) is 4.90 Å². The lowest BCUT2D eigenvalue weighted by molar-refractivity contribution is -0.836. The van der Waals surface area contributed by atoms with Gasteiger partial charge in [-0.2, -0.15) is 0 Å². The predicted molar refractivity (Wildman–Crippen MR) is 43.5 cm³/mol. The standard InChI is InChI=1S/C3H9N.C3H6O3S/c1-4(2)3;1-2-3-7(4,5)6/h1-3H3;2H,1,3H2,(H,4,5,6). The highest BCUT2D eigenvalue weighted by Crippen LogP contribution is 1.78. The SMILES string of the molecule is C=CCS(=O)(=O)[O-].C[NH+](C)C. The second-order valence-corrected chi connectivity index (χ2v) is 3.96. The van der Waals surface area contributed by atoms with Crippen molar-refractivity contribution in [2.45, 2.75) is 0 Å². The quantitative estimate of drug-likeness (QED) is 0.415. The van der Waals surface area contributed by atoms with Crippen LogP contribution >= 0.6 is 0 Å². The fourth-order valence-electron chi connectivity index (χ4n) is 0.144. The van der Waals surface area contributed by atoms with Gasteiger partial charge in [-0.05, 0) is 0 Å². The smallest absolute Gasteiger partial charge is 0.0982 e. The second kappa shape index (κ2) is 6.33. The van der Waals surface area contributed by atoms with E-state index in [1.807, 2.05) is 0 Å². The van der Waals surface area contributed by atoms with E-state index in [1.54, 1.807) is 0 Å². The van der Waals surface area contributed by atoms with Crippen LogP contribution in [0.25, 0.3) is 0 Å². The zero-order valence-electron chi connectivity index (χ0n) is 7.12. The zero-order chi connectivity index (χ0) is 9.49. The summed E-state index contributed by atoms with van der Waals surface area (Å²) in [6, 6.07) is 0. The van der Waals surface area contributed by atoms with Crippen LogP contribution in [0.1, 0.15) is 0 Å². The molecule has 0 bridgehead atoms. The summed E-state index contributed by atoms with van der Waals surface area (Å²) in [6.07, 6.45) is 1.06. The van der Waals surface area contributed by atoms with Crippen LogP contribution in [0.3, 0.4) is 0 Å². The molecule has 0 aliphatic carbocycles. The number of rotatable bonds is 2. The van der Waals surface area contributed by atoms with Crippen molar-refractivity contribution >= 4 is 10.1 Å². The van der Waals surface area contributed by atoms with Gasteiger partial charge in [0.1, 0.15) is 0 Å². The summed E-state index contributed by atoms with van der Waals surface area (Å²) in [4.78, 5) is 1.42. The molecule has 0 atom stereocenters. The Bertz CT molecular complexity index is 181. The molecule has 0 unspecified atom stereocenters. The summed E-state index contributed by atoms with van der Waals surface area (Å²) in [7, 11) is 2.21. The van der Waals surface area contributed by atoms with Crippen molar-refractivity contribution < 1.29 is 17.9 Å². The maximum atomic E-state index is 9.60. The van der Waals surface area contributed by atoms with Gasteiger partial charge in [0, 0.05) is 0 Å². The minimum atomic E-state index is -4.04. The van der Waals surface area contributed by atoms with Crippen molar-refractivity contribution in [1.29, 1.82) is 0 Å². The van der Waals surface area contributed by atoms with Gasteiger partial charge >= 0.3 is 0 Å². The normalized spacial score (nSPS) is 10.3. The first-order chi connectivity index (χ1) is 4.79. The molecule has 0 radical (unpaired) electrons. The molecule has 0 aliphatic rings. The molecule has 0 fully saturated rings. The van der Waals surface area contributed by atoms with Crippen molar-refractivity contribution in [2.24, 2.45) is 0 Å². The van der Waals surface area contributed by atoms with Gasteiger partial charge in [-0.3, -0.25) is 0 Å². The van der Waals surface area contributed by atoms with Gasteiger partial charge in [0.2, 0.25) is 0 Å². The highest BCUT2D eigenvalue weighted by Gasteiger charge is 1.83. The molecule has 0 rings (SSSR count). The van der Waals surface area contributed by atoms with Gasteiger partial charge in [0.15, 0.2) is 0 Å². The number of hydrogen-bond acceptors (Lipinski definition) is 3. The van der Waals surface area contributed by atoms with Gasteiger partial charge in [0.25, 0.3) is 0 Å². The molecule has 0 spiro atoms. The second-order valence-electron chi connectivity index (χ2n) is 2.51. The predicted octanol–water partition coefficient (Wildman–Crippen LogP) is -1.52. The van der Waals surface area contributed by atoms with E-state index in [0.29, 0.717) is 0 Å². The molecule has 1 N–H and O–H groups in total. The molecule has 0 heterocycles. The van der Waals surface area contributed by atoms with Crippen LogP contribution in [0.15, 0.2) is 12.7 Å². The van der Waals surface area contributed by atoms with Crippen molar-refractivity contribution in [3.63, 3.8) is 0 Å². The number of hydrogen-bond donors (Lipinski definition) is 1. The highest BCUT2D eigenvalue weighted by atomic mass is 32.2. The van der Waals surface area contributed by atoms with Crippen LogP contribution in [-0.4, -0.2) is 39.9 Å². The van der Waals surface area contributed by atoms with Crippen LogP contribution in [0.4, 0.5) is 0 Å². The molecule has 11 heavy (non-hydrogen) atoms. The van der Waals surface area contributed by atoms with E-state index >= 15 is 0 Å². The third-order valence-corrected chi connectivity index (χ3v) is 0.966. The van der Waals surface area contributed by atoms with Crippen LogP contribution in [0.2, 0.25) is 0 Å². The van der Waals surface area contributed by atoms with Gasteiger partial charge in [-0.1, -0.05) is 6.08 Å². The Morgan fingerprint density at radius 3 is 1.73 bits per heavy atom. The first kappa shape index (κ1) is 13.2. The Hall–Kier alpha value is -0.390. The summed E-state index contributed by atoms with van der Waals surface area (Å²) < 4.78 is 28.8. The van der Waals surface area contributed by atoms with E-state index in [4.69, 9.17) is 0 Å². The summed E-state index contributed by atoms with van der Waals surface area (Å²) in [5, 5.41) is 0. The lowest BCUT2D eigenvalue weighted by Crippen LogP contribution is -3.02. The van der Waals surface area contributed by atoms with E-state index in [0.717, 1.165) is 6.08 Å². The summed E-state index contributed by atoms with van der Waals surface area (Å²) in [5.74, 6) is -0.479. The molecule has 0 amide bonds. The fourth-order valence-corrected chi connectivity index (χ4v) is 0.433. The molecule has 0 aromatic rings. The van der Waals surface area contributed by atoms with E-state index in [-0.39, 0.29) is 0 Å². The Labute approximate surface area is 68.3 Å². The summed E-state index contributed by atoms with van der Waals surface area (Å²) in [5.41, 5.74) is 0. The summed E-state index contributed by atoms with van der Waals surface area (Å²) in [6.45, 7) is 3.07. The molecule has 0 aromatic heterocycles. The van der Waals surface area contributed by atoms with Gasteiger partial charge in [-0.15, -0.1) is 6.58 Å². The molecular formula is C6H15NO3S. The Balaban J connectivity index is 0. The monoisotopic (exact) mass is 181 g/mol. The van der Waals surface area contributed by atoms with E-state index < -0.39 is 15.9 Å². The molecule has 5 heteroatoms. The Morgan fingerprint density at radius 1 is 1.45 bits per heavy atom. The van der Waals surface area contributed by atoms with Crippen molar-refractivity contribution in [2.75, 3.05) is 26.9 Å². The van der Waals surface area contributed by atoms with Crippen molar-refractivity contribution in [3.05, 3.63) is 12.7 Å². The van der Waals surface area contributed by atoms with Gasteiger partial charge < -0.3 is 9.45 Å². The lowest BCUT2D eigenvalue weighted by Gasteiger charge is -1.98. The third kappa shape index (κ3) is 42.7. The molecule has 0 aliphatic heterocycles. The van der Waals surface area contributed by atoms with Crippen LogP contribution in [0.5, 0.6) is 0 Å². The maximum Gasteiger partial charge on any atom is 0.0982 e. The molecule has 0 saturated heterocycles. The van der Waals surface area contributed by atoms with E-state index in [2.05, 4.69) is 27.7 Å². The Kier molecular flexibility index (Phi) is 7.60. The average molecular weight is 181 g/mol. The fraction of sp³-hybridized carbons (Fsp3) is 0.667. The highest BCUT2D eigenvalue weighted by molar-refractivity contribution is 7.85. The van der Waals surface area contributed by atoms with Gasteiger partial charge in [0.05, 0.1) is 37.0 Å². The van der Waals surface area contributed by atoms with Crippen molar-refractivity contribution in [3.8, 4) is 0 Å². The van der Waals surface area contributed by atoms with Crippen molar-refractivity contribution in [1.82, 2.24) is 0 Å². The van der Waals surface area contributed by atoms with Crippen LogP contribution in [0, 0.1) is 0 Å². The largest absolute Gasteiger partial charge is 0.748 e. The average Bonchev–Trinajstić information content (AvgIpc) is 1.58. The van der Waals surface area contributed by atoms with Crippen LogP contribution < -0.4 is 4.90 Å². The molecular weight excluding hydrogens is 166 g/mol. The molecule has 0 aromatic carbocycles. The van der Waals surface area contributed by atoms with E-state index in [9.17, 15) is 13.0 Å². The topological polar surface area (TPSA) is 61.6 Å². The molecule has 4 nitrogen and oxygen atoms in total. The summed E-state index contributed by atoms with van der Waals surface area (Å²) >= 11 is 0. The number of quaternary nitrogens is 1. The minimum absolute atomic E-state index is 0.479. The number of nitrogens with one attached hydrogen (secondary N) is 1. The first-order valence-electron chi connectivity index (χ1n) is 3.11. The first-order valence-corrected chi connectivity index (χ1v) is 4.68.